The van der Waals surface area contributed by atoms with Crippen LogP contribution in [0, 0.1) is 0 Å². The normalized spacial score (nSPS) is 11.0. The lowest BCUT2D eigenvalue weighted by Crippen LogP contribution is -2.38. The van der Waals surface area contributed by atoms with Crippen LogP contribution < -0.4 is 14.8 Å². The summed E-state index contributed by atoms with van der Waals surface area (Å²) < 4.78 is 15.3. The van der Waals surface area contributed by atoms with Gasteiger partial charge in [0.25, 0.3) is 0 Å². The first-order valence-electron chi connectivity index (χ1n) is 7.82. The molecule has 134 valence electrons. The second-order valence-electron chi connectivity index (χ2n) is 5.10. The minimum absolute atomic E-state index is 0.255. The number of ether oxygens (including phenoxy) is 3. The first-order valence-corrected chi connectivity index (χ1v) is 7.82. The maximum atomic E-state index is 11.2. The molecule has 1 rings (SSSR count). The lowest BCUT2D eigenvalue weighted by molar-refractivity contribution is -0.140. The summed E-state index contributed by atoms with van der Waals surface area (Å²) in [6.45, 7) is 3.72. The van der Waals surface area contributed by atoms with Crippen molar-refractivity contribution < 1.29 is 19.0 Å². The van der Waals surface area contributed by atoms with Crippen LogP contribution in [0.2, 0.25) is 0 Å². The Morgan fingerprint density at radius 1 is 1.25 bits per heavy atom. The Kier molecular flexibility index (Phi) is 8.46. The van der Waals surface area contributed by atoms with E-state index in [-0.39, 0.29) is 12.4 Å². The molecular weight excluding hydrogens is 310 g/mol. The Balaban J connectivity index is 2.82. The van der Waals surface area contributed by atoms with Crippen molar-refractivity contribution in [2.24, 2.45) is 4.99 Å². The van der Waals surface area contributed by atoms with Crippen molar-refractivity contribution in [2.45, 2.75) is 19.9 Å². The maximum absolute atomic E-state index is 11.2. The molecule has 0 unspecified atom stereocenters. The van der Waals surface area contributed by atoms with Crippen LogP contribution in [0.4, 0.5) is 0 Å². The second kappa shape index (κ2) is 10.4. The molecule has 0 atom stereocenters. The molecule has 7 nitrogen and oxygen atoms in total. The van der Waals surface area contributed by atoms with Crippen LogP contribution in [0.5, 0.6) is 11.5 Å². The molecule has 0 amide bonds. The van der Waals surface area contributed by atoms with Crippen LogP contribution in [0.3, 0.4) is 0 Å². The van der Waals surface area contributed by atoms with Gasteiger partial charge in [-0.2, -0.15) is 0 Å². The van der Waals surface area contributed by atoms with E-state index in [1.165, 1.54) is 7.11 Å². The summed E-state index contributed by atoms with van der Waals surface area (Å²) in [7, 11) is 6.56. The maximum Gasteiger partial charge on any atom is 0.307 e. The SMILES string of the molecule is CCNC(=NCCC(=O)OC)N(C)Cc1ccc(OC)cc1OC. The monoisotopic (exact) mass is 337 g/mol. The molecule has 0 saturated heterocycles. The highest BCUT2D eigenvalue weighted by molar-refractivity contribution is 5.80. The van der Waals surface area contributed by atoms with Gasteiger partial charge in [-0.25, -0.2) is 0 Å². The van der Waals surface area contributed by atoms with Crippen LogP contribution in [-0.4, -0.2) is 58.3 Å². The molecule has 0 fully saturated rings. The summed E-state index contributed by atoms with van der Waals surface area (Å²) in [6, 6.07) is 5.71. The number of esters is 1. The first-order chi connectivity index (χ1) is 11.5. The van der Waals surface area contributed by atoms with Crippen molar-refractivity contribution in [1.82, 2.24) is 10.2 Å². The molecule has 0 spiro atoms. The van der Waals surface area contributed by atoms with Gasteiger partial charge in [0.05, 0.1) is 34.3 Å². The molecule has 0 aromatic heterocycles. The number of benzene rings is 1. The highest BCUT2D eigenvalue weighted by Crippen LogP contribution is 2.25. The number of nitrogens with zero attached hydrogens (tertiary/aromatic N) is 2. The van der Waals surface area contributed by atoms with Gasteiger partial charge < -0.3 is 24.4 Å². The van der Waals surface area contributed by atoms with Gasteiger partial charge in [0.2, 0.25) is 0 Å². The zero-order valence-corrected chi connectivity index (χ0v) is 15.1. The van der Waals surface area contributed by atoms with E-state index in [1.54, 1.807) is 14.2 Å². The van der Waals surface area contributed by atoms with E-state index in [9.17, 15) is 4.79 Å². The summed E-state index contributed by atoms with van der Waals surface area (Å²) in [4.78, 5) is 17.6. The molecule has 0 bridgehead atoms. The highest BCUT2D eigenvalue weighted by atomic mass is 16.5. The van der Waals surface area contributed by atoms with Gasteiger partial charge in [-0.3, -0.25) is 9.79 Å². The topological polar surface area (TPSA) is 72.4 Å². The van der Waals surface area contributed by atoms with Crippen LogP contribution in [0.1, 0.15) is 18.9 Å². The summed E-state index contributed by atoms with van der Waals surface area (Å²) >= 11 is 0. The molecule has 0 saturated carbocycles. The lowest BCUT2D eigenvalue weighted by Gasteiger charge is -2.23. The summed E-state index contributed by atoms with van der Waals surface area (Å²) in [5, 5.41) is 3.21. The van der Waals surface area contributed by atoms with Crippen LogP contribution in [0.25, 0.3) is 0 Å². The second-order valence-corrected chi connectivity index (χ2v) is 5.10. The van der Waals surface area contributed by atoms with Gasteiger partial charge in [-0.1, -0.05) is 0 Å². The number of aliphatic imine (C=N–C) groups is 1. The quantitative estimate of drug-likeness (QED) is 0.442. The number of carbonyl (C=O) groups is 1. The van der Waals surface area contributed by atoms with E-state index in [1.807, 2.05) is 37.1 Å². The third-order valence-corrected chi connectivity index (χ3v) is 3.40. The molecule has 7 heteroatoms. The van der Waals surface area contributed by atoms with Crippen molar-refractivity contribution in [2.75, 3.05) is 41.5 Å². The minimum atomic E-state index is -0.269. The number of rotatable bonds is 8. The van der Waals surface area contributed by atoms with Crippen LogP contribution in [0.15, 0.2) is 23.2 Å². The molecule has 0 heterocycles. The van der Waals surface area contributed by atoms with Gasteiger partial charge in [0, 0.05) is 31.8 Å². The molecule has 0 aliphatic rings. The van der Waals surface area contributed by atoms with Crippen molar-refractivity contribution in [3.05, 3.63) is 23.8 Å². The van der Waals surface area contributed by atoms with E-state index < -0.39 is 0 Å². The number of hydrogen-bond acceptors (Lipinski definition) is 5. The molecular formula is C17H27N3O4. The van der Waals surface area contributed by atoms with Crippen LogP contribution >= 0.6 is 0 Å². The number of guanidine groups is 1. The first kappa shape index (κ1) is 19.6. The van der Waals surface area contributed by atoms with Crippen molar-refractivity contribution in [1.29, 1.82) is 0 Å². The van der Waals surface area contributed by atoms with Gasteiger partial charge >= 0.3 is 5.97 Å². The summed E-state index contributed by atoms with van der Waals surface area (Å²) in [5.41, 5.74) is 1.01. The van der Waals surface area contributed by atoms with Gasteiger partial charge in [-0.05, 0) is 19.1 Å². The molecule has 0 aliphatic carbocycles. The smallest absolute Gasteiger partial charge is 0.307 e. The average Bonchev–Trinajstić information content (AvgIpc) is 2.60. The van der Waals surface area contributed by atoms with E-state index in [0.29, 0.717) is 13.1 Å². The van der Waals surface area contributed by atoms with E-state index in [2.05, 4.69) is 15.0 Å². The average molecular weight is 337 g/mol. The van der Waals surface area contributed by atoms with Crippen molar-refractivity contribution in [3.63, 3.8) is 0 Å². The summed E-state index contributed by atoms with van der Waals surface area (Å²) in [6.07, 6.45) is 0.255. The van der Waals surface area contributed by atoms with Gasteiger partial charge in [-0.15, -0.1) is 0 Å². The number of methoxy groups -OCH3 is 3. The summed E-state index contributed by atoms with van der Waals surface area (Å²) in [5.74, 6) is 1.96. The molecule has 1 aromatic rings. The fourth-order valence-corrected chi connectivity index (χ4v) is 2.14. The van der Waals surface area contributed by atoms with Crippen molar-refractivity contribution >= 4 is 11.9 Å². The molecule has 0 aliphatic heterocycles. The third kappa shape index (κ3) is 5.98. The highest BCUT2D eigenvalue weighted by Gasteiger charge is 2.11. The fourth-order valence-electron chi connectivity index (χ4n) is 2.14. The standard InChI is InChI=1S/C17H27N3O4/c1-6-18-17(19-10-9-16(21)24-5)20(2)12-13-7-8-14(22-3)11-15(13)23-4/h7-8,11H,6,9-10,12H2,1-5H3,(H,18,19). The fraction of sp³-hybridized carbons (Fsp3) is 0.529. The van der Waals surface area contributed by atoms with Gasteiger partial charge in [0.15, 0.2) is 5.96 Å². The number of carbonyl (C=O) groups excluding carboxylic acids is 1. The Labute approximate surface area is 143 Å². The van der Waals surface area contributed by atoms with E-state index >= 15 is 0 Å². The van der Waals surface area contributed by atoms with E-state index in [4.69, 9.17) is 9.47 Å². The molecule has 1 N–H and O–H groups in total. The molecule has 24 heavy (non-hydrogen) atoms. The van der Waals surface area contributed by atoms with Gasteiger partial charge in [0.1, 0.15) is 11.5 Å². The lowest BCUT2D eigenvalue weighted by atomic mass is 10.2. The zero-order chi connectivity index (χ0) is 17.9. The minimum Gasteiger partial charge on any atom is -0.497 e. The number of hydrogen-bond donors (Lipinski definition) is 1. The predicted octanol–water partition coefficient (Wildman–Crippen LogP) is 1.66. The van der Waals surface area contributed by atoms with Crippen LogP contribution in [-0.2, 0) is 16.1 Å². The Hall–Kier alpha value is -2.44. The Bertz CT molecular complexity index is 561. The Morgan fingerprint density at radius 3 is 2.58 bits per heavy atom. The largest absolute Gasteiger partial charge is 0.497 e. The predicted molar refractivity (Wildman–Crippen MR) is 93.6 cm³/mol. The Morgan fingerprint density at radius 2 is 2.00 bits per heavy atom. The van der Waals surface area contributed by atoms with E-state index in [0.717, 1.165) is 29.6 Å². The van der Waals surface area contributed by atoms with Crippen molar-refractivity contribution in [3.8, 4) is 11.5 Å². The third-order valence-electron chi connectivity index (χ3n) is 3.40. The molecule has 0 radical (unpaired) electrons. The number of nitrogens with one attached hydrogen (secondary N) is 1. The zero-order valence-electron chi connectivity index (χ0n) is 15.1. The molecule has 1 aromatic carbocycles.